The molecule has 2 fully saturated rings. The van der Waals surface area contributed by atoms with Crippen molar-refractivity contribution in [3.8, 4) is 0 Å². The van der Waals surface area contributed by atoms with Crippen LogP contribution in [0.2, 0.25) is 0 Å². The monoisotopic (exact) mass is 236 g/mol. The normalized spacial score (nSPS) is 21.5. The summed E-state index contributed by atoms with van der Waals surface area (Å²) in [4.78, 5) is 2.32. The van der Waals surface area contributed by atoms with E-state index < -0.39 is 0 Å². The fraction of sp³-hybridized carbons (Fsp3) is 0.833. The summed E-state index contributed by atoms with van der Waals surface area (Å²) in [5, 5.41) is 11.4. The van der Waals surface area contributed by atoms with E-state index in [0.717, 1.165) is 18.5 Å². The smallest absolute Gasteiger partial charge is 0.318 e. The Morgan fingerprint density at radius 1 is 1.35 bits per heavy atom. The molecule has 5 heteroatoms. The molecular weight excluding hydrogens is 216 g/mol. The molecular formula is C12H20N4O. The molecule has 2 aliphatic carbocycles. The number of rotatable bonds is 6. The topological polar surface area (TPSA) is 54.2 Å². The van der Waals surface area contributed by atoms with Crippen molar-refractivity contribution in [3.63, 3.8) is 0 Å². The average Bonchev–Trinajstić information content (AvgIpc) is 3.24. The van der Waals surface area contributed by atoms with E-state index in [2.05, 4.69) is 20.4 Å². The standard InChI is InChI=1S/C12H20N4O/c1-8(13-2)11-14-15-12(17-11)16(10-5-6-10)7-9-3-4-9/h8-10,13H,3-7H2,1-2H3. The molecule has 1 N–H and O–H groups in total. The van der Waals surface area contributed by atoms with E-state index in [1.54, 1.807) is 0 Å². The second kappa shape index (κ2) is 4.29. The van der Waals surface area contributed by atoms with Gasteiger partial charge in [0.15, 0.2) is 0 Å². The first-order valence-corrected chi connectivity index (χ1v) is 6.55. The summed E-state index contributed by atoms with van der Waals surface area (Å²) in [5.41, 5.74) is 0. The SMILES string of the molecule is CNC(C)c1nnc(N(CC2CC2)C2CC2)o1. The third-order valence-electron chi connectivity index (χ3n) is 3.62. The third kappa shape index (κ3) is 2.44. The quantitative estimate of drug-likeness (QED) is 0.815. The van der Waals surface area contributed by atoms with Crippen LogP contribution in [0.25, 0.3) is 0 Å². The lowest BCUT2D eigenvalue weighted by molar-refractivity contribution is 0.426. The van der Waals surface area contributed by atoms with E-state index in [9.17, 15) is 0 Å². The summed E-state index contributed by atoms with van der Waals surface area (Å²) >= 11 is 0. The molecule has 1 atom stereocenters. The van der Waals surface area contributed by atoms with Gasteiger partial charge in [0, 0.05) is 12.6 Å². The van der Waals surface area contributed by atoms with Crippen LogP contribution in [-0.2, 0) is 0 Å². The molecule has 0 aliphatic heterocycles. The Morgan fingerprint density at radius 2 is 2.12 bits per heavy atom. The van der Waals surface area contributed by atoms with Crippen molar-refractivity contribution in [2.24, 2.45) is 5.92 Å². The molecule has 1 heterocycles. The molecule has 0 bridgehead atoms. The highest BCUT2D eigenvalue weighted by Gasteiger charge is 2.36. The number of hydrogen-bond acceptors (Lipinski definition) is 5. The zero-order chi connectivity index (χ0) is 11.8. The Bertz CT molecular complexity index is 384. The Hall–Kier alpha value is -1.10. The number of aromatic nitrogens is 2. The van der Waals surface area contributed by atoms with E-state index >= 15 is 0 Å². The van der Waals surface area contributed by atoms with Gasteiger partial charge in [-0.15, -0.1) is 5.10 Å². The summed E-state index contributed by atoms with van der Waals surface area (Å²) in [6.07, 6.45) is 5.26. The minimum atomic E-state index is 0.123. The second-order valence-corrected chi connectivity index (χ2v) is 5.26. The Morgan fingerprint density at radius 3 is 2.71 bits per heavy atom. The van der Waals surface area contributed by atoms with Gasteiger partial charge in [-0.2, -0.15) is 0 Å². The molecule has 94 valence electrons. The molecule has 2 saturated carbocycles. The highest BCUT2D eigenvalue weighted by atomic mass is 16.4. The van der Waals surface area contributed by atoms with E-state index in [1.165, 1.54) is 25.7 Å². The molecule has 1 aromatic rings. The van der Waals surface area contributed by atoms with Gasteiger partial charge >= 0.3 is 6.01 Å². The van der Waals surface area contributed by atoms with E-state index in [4.69, 9.17) is 4.42 Å². The molecule has 0 spiro atoms. The van der Waals surface area contributed by atoms with Crippen LogP contribution in [0.4, 0.5) is 6.01 Å². The first-order chi connectivity index (χ1) is 8.28. The molecule has 5 nitrogen and oxygen atoms in total. The van der Waals surface area contributed by atoms with Crippen molar-refractivity contribution in [2.45, 2.75) is 44.7 Å². The zero-order valence-electron chi connectivity index (χ0n) is 10.5. The largest absolute Gasteiger partial charge is 0.406 e. The van der Waals surface area contributed by atoms with Crippen LogP contribution in [0, 0.1) is 5.92 Å². The molecule has 1 unspecified atom stereocenters. The highest BCUT2D eigenvalue weighted by molar-refractivity contribution is 5.30. The van der Waals surface area contributed by atoms with Crippen LogP contribution in [0.5, 0.6) is 0 Å². The number of anilines is 1. The van der Waals surface area contributed by atoms with Gasteiger partial charge in [0.2, 0.25) is 5.89 Å². The highest BCUT2D eigenvalue weighted by Crippen LogP contribution is 2.37. The molecule has 0 amide bonds. The molecule has 3 rings (SSSR count). The first-order valence-electron chi connectivity index (χ1n) is 6.55. The van der Waals surface area contributed by atoms with E-state index in [1.807, 2.05) is 14.0 Å². The summed E-state index contributed by atoms with van der Waals surface area (Å²) < 4.78 is 5.77. The molecule has 2 aliphatic rings. The first kappa shape index (κ1) is 11.0. The average molecular weight is 236 g/mol. The predicted molar refractivity (Wildman–Crippen MR) is 64.9 cm³/mol. The lowest BCUT2D eigenvalue weighted by Gasteiger charge is -2.19. The number of nitrogens with zero attached hydrogens (tertiary/aromatic N) is 3. The van der Waals surface area contributed by atoms with Crippen LogP contribution in [0.1, 0.15) is 44.5 Å². The van der Waals surface area contributed by atoms with Gasteiger partial charge in [0.05, 0.1) is 6.04 Å². The van der Waals surface area contributed by atoms with Crippen LogP contribution < -0.4 is 10.2 Å². The number of hydrogen-bond donors (Lipinski definition) is 1. The van der Waals surface area contributed by atoms with Gasteiger partial charge in [-0.25, -0.2) is 0 Å². The molecule has 1 aromatic heterocycles. The van der Waals surface area contributed by atoms with Gasteiger partial charge in [-0.3, -0.25) is 0 Å². The van der Waals surface area contributed by atoms with Crippen molar-refractivity contribution in [1.82, 2.24) is 15.5 Å². The lowest BCUT2D eigenvalue weighted by atomic mass is 10.3. The van der Waals surface area contributed by atoms with Gasteiger partial charge < -0.3 is 14.6 Å². The Balaban J connectivity index is 1.73. The summed E-state index contributed by atoms with van der Waals surface area (Å²) in [5.74, 6) is 1.54. The molecule has 17 heavy (non-hydrogen) atoms. The summed E-state index contributed by atoms with van der Waals surface area (Å²) in [6.45, 7) is 3.12. The van der Waals surface area contributed by atoms with Gasteiger partial charge in [-0.1, -0.05) is 5.10 Å². The maximum Gasteiger partial charge on any atom is 0.318 e. The fourth-order valence-electron chi connectivity index (χ4n) is 1.99. The molecule has 0 aromatic carbocycles. The van der Waals surface area contributed by atoms with Crippen molar-refractivity contribution >= 4 is 6.01 Å². The summed E-state index contributed by atoms with van der Waals surface area (Å²) in [6, 6.07) is 1.49. The summed E-state index contributed by atoms with van der Waals surface area (Å²) in [7, 11) is 1.90. The van der Waals surface area contributed by atoms with Crippen LogP contribution in [-0.4, -0.2) is 29.8 Å². The minimum Gasteiger partial charge on any atom is -0.406 e. The maximum atomic E-state index is 5.77. The van der Waals surface area contributed by atoms with Gasteiger partial charge in [0.1, 0.15) is 0 Å². The van der Waals surface area contributed by atoms with Gasteiger partial charge in [-0.05, 0) is 45.6 Å². The lowest BCUT2D eigenvalue weighted by Crippen LogP contribution is -2.28. The third-order valence-corrected chi connectivity index (χ3v) is 3.62. The van der Waals surface area contributed by atoms with Crippen LogP contribution in [0.3, 0.4) is 0 Å². The Kier molecular flexibility index (Phi) is 2.78. The van der Waals surface area contributed by atoms with Crippen molar-refractivity contribution < 1.29 is 4.42 Å². The van der Waals surface area contributed by atoms with E-state index in [-0.39, 0.29) is 6.04 Å². The zero-order valence-corrected chi connectivity index (χ0v) is 10.5. The van der Waals surface area contributed by atoms with Crippen LogP contribution in [0.15, 0.2) is 4.42 Å². The second-order valence-electron chi connectivity index (χ2n) is 5.26. The van der Waals surface area contributed by atoms with Crippen LogP contribution >= 0.6 is 0 Å². The fourth-order valence-corrected chi connectivity index (χ4v) is 1.99. The number of nitrogens with one attached hydrogen (secondary N) is 1. The van der Waals surface area contributed by atoms with Crippen molar-refractivity contribution in [2.75, 3.05) is 18.5 Å². The predicted octanol–water partition coefficient (Wildman–Crippen LogP) is 1.73. The van der Waals surface area contributed by atoms with Crippen molar-refractivity contribution in [3.05, 3.63) is 5.89 Å². The molecule has 0 saturated heterocycles. The van der Waals surface area contributed by atoms with Crippen molar-refractivity contribution in [1.29, 1.82) is 0 Å². The van der Waals surface area contributed by atoms with Gasteiger partial charge in [0.25, 0.3) is 0 Å². The molecule has 0 radical (unpaired) electrons. The maximum absolute atomic E-state index is 5.77. The van der Waals surface area contributed by atoms with E-state index in [0.29, 0.717) is 11.9 Å². The Labute approximate surface area is 102 Å². The minimum absolute atomic E-state index is 0.123.